The number of nitro benzene ring substituents is 1. The van der Waals surface area contributed by atoms with Gasteiger partial charge in [0.05, 0.1) is 11.1 Å². The van der Waals surface area contributed by atoms with Gasteiger partial charge in [-0.15, -0.1) is 0 Å². The van der Waals surface area contributed by atoms with Gasteiger partial charge in [-0.1, -0.05) is 0 Å². The maximum absolute atomic E-state index is 11.7. The molecule has 0 spiro atoms. The zero-order valence-electron chi connectivity index (χ0n) is 15.9. The minimum atomic E-state index is -0.466. The summed E-state index contributed by atoms with van der Waals surface area (Å²) in [5.41, 5.74) is 2.68. The van der Waals surface area contributed by atoms with Crippen LogP contribution in [0.25, 0.3) is 17.0 Å². The molecule has 9 heteroatoms. The number of anilines is 3. The number of amides is 1. The van der Waals surface area contributed by atoms with Gasteiger partial charge in [-0.05, 0) is 42.5 Å². The molecule has 0 saturated carbocycles. The van der Waals surface area contributed by atoms with Crippen LogP contribution in [-0.4, -0.2) is 20.4 Å². The quantitative estimate of drug-likeness (QED) is 0.355. The Balaban J connectivity index is 1.73. The van der Waals surface area contributed by atoms with Gasteiger partial charge in [-0.2, -0.15) is 0 Å². The normalized spacial score (nSPS) is 10.6. The molecule has 0 fully saturated rings. The molecule has 0 saturated heterocycles. The number of benzene rings is 2. The van der Waals surface area contributed by atoms with Crippen LogP contribution in [0, 0.1) is 10.1 Å². The molecule has 0 unspecified atom stereocenters. The van der Waals surface area contributed by atoms with Crippen LogP contribution in [0.4, 0.5) is 22.7 Å². The predicted octanol–water partition coefficient (Wildman–Crippen LogP) is 4.74. The Morgan fingerprint density at radius 2 is 1.90 bits per heavy atom. The standard InChI is InChI=1S/C21H17N5O4/c1-14(27)23-16-9-17(11-18(10-16)25-6-2-3-7-25)24-19-5-4-15(8-20(19)26(28)29)21-12-22-13-30-21/h2-13,24H,1H3,(H,23,27). The van der Waals surface area contributed by atoms with Gasteiger partial charge in [0.1, 0.15) is 5.69 Å². The van der Waals surface area contributed by atoms with Crippen molar-refractivity contribution in [3.05, 3.63) is 83.6 Å². The Morgan fingerprint density at radius 1 is 1.13 bits per heavy atom. The van der Waals surface area contributed by atoms with Gasteiger partial charge in [-0.3, -0.25) is 14.9 Å². The second-order valence-corrected chi connectivity index (χ2v) is 6.52. The number of oxazole rings is 1. The van der Waals surface area contributed by atoms with E-state index in [1.165, 1.54) is 25.6 Å². The molecule has 0 aliphatic carbocycles. The first-order chi connectivity index (χ1) is 14.5. The van der Waals surface area contributed by atoms with E-state index in [2.05, 4.69) is 15.6 Å². The highest BCUT2D eigenvalue weighted by Crippen LogP contribution is 2.34. The fourth-order valence-electron chi connectivity index (χ4n) is 3.07. The molecule has 2 aromatic heterocycles. The minimum Gasteiger partial charge on any atom is -0.444 e. The topological polar surface area (TPSA) is 115 Å². The summed E-state index contributed by atoms with van der Waals surface area (Å²) in [4.78, 5) is 26.6. The highest BCUT2D eigenvalue weighted by molar-refractivity contribution is 5.90. The molecule has 2 aromatic carbocycles. The average Bonchev–Trinajstić information content (AvgIpc) is 3.42. The van der Waals surface area contributed by atoms with Crippen molar-refractivity contribution in [3.63, 3.8) is 0 Å². The van der Waals surface area contributed by atoms with Crippen molar-refractivity contribution in [1.29, 1.82) is 0 Å². The van der Waals surface area contributed by atoms with Crippen LogP contribution in [0.3, 0.4) is 0 Å². The number of hydrogen-bond donors (Lipinski definition) is 2. The van der Waals surface area contributed by atoms with E-state index < -0.39 is 4.92 Å². The lowest BCUT2D eigenvalue weighted by atomic mass is 10.1. The summed E-state index contributed by atoms with van der Waals surface area (Å²) < 4.78 is 7.10. The predicted molar refractivity (Wildman–Crippen MR) is 112 cm³/mol. The summed E-state index contributed by atoms with van der Waals surface area (Å²) in [6.07, 6.45) is 6.49. The number of aromatic nitrogens is 2. The van der Waals surface area contributed by atoms with Crippen molar-refractivity contribution in [2.24, 2.45) is 0 Å². The summed E-state index contributed by atoms with van der Waals surface area (Å²) in [5.74, 6) is 0.222. The van der Waals surface area contributed by atoms with Crippen molar-refractivity contribution in [2.45, 2.75) is 6.92 Å². The number of nitrogens with one attached hydrogen (secondary N) is 2. The lowest BCUT2D eigenvalue weighted by Crippen LogP contribution is -2.07. The number of rotatable bonds is 6. The molecule has 2 heterocycles. The summed E-state index contributed by atoms with van der Waals surface area (Å²) >= 11 is 0. The van der Waals surface area contributed by atoms with Crippen molar-refractivity contribution in [3.8, 4) is 17.0 Å². The molecule has 0 radical (unpaired) electrons. The third kappa shape index (κ3) is 4.04. The van der Waals surface area contributed by atoms with Crippen molar-refractivity contribution in [2.75, 3.05) is 10.6 Å². The van der Waals surface area contributed by atoms with Crippen molar-refractivity contribution in [1.82, 2.24) is 9.55 Å². The molecule has 0 atom stereocenters. The van der Waals surface area contributed by atoms with E-state index in [1.54, 1.807) is 18.2 Å². The van der Waals surface area contributed by atoms with Crippen LogP contribution in [0.2, 0.25) is 0 Å². The molecule has 2 N–H and O–H groups in total. The molecule has 0 aliphatic heterocycles. The molecule has 150 valence electrons. The largest absolute Gasteiger partial charge is 0.444 e. The fraction of sp³-hybridized carbons (Fsp3) is 0.0476. The maximum atomic E-state index is 11.7. The number of carbonyl (C=O) groups is 1. The first-order valence-corrected chi connectivity index (χ1v) is 9.00. The smallest absolute Gasteiger partial charge is 0.293 e. The molecule has 0 aliphatic rings. The highest BCUT2D eigenvalue weighted by atomic mass is 16.6. The first kappa shape index (κ1) is 18.9. The van der Waals surface area contributed by atoms with Crippen LogP contribution in [0.5, 0.6) is 0 Å². The molecular weight excluding hydrogens is 386 g/mol. The second-order valence-electron chi connectivity index (χ2n) is 6.52. The zero-order valence-corrected chi connectivity index (χ0v) is 15.9. The average molecular weight is 403 g/mol. The number of nitrogens with zero attached hydrogens (tertiary/aromatic N) is 3. The Labute approximate surface area is 171 Å². The van der Waals surface area contributed by atoms with E-state index >= 15 is 0 Å². The van der Waals surface area contributed by atoms with Crippen molar-refractivity contribution < 1.29 is 14.1 Å². The molecular formula is C21H17N5O4. The van der Waals surface area contributed by atoms with E-state index in [0.717, 1.165) is 5.69 Å². The number of hydrogen-bond acceptors (Lipinski definition) is 6. The van der Waals surface area contributed by atoms with Crippen LogP contribution >= 0.6 is 0 Å². The molecule has 1 amide bonds. The Morgan fingerprint density at radius 3 is 2.57 bits per heavy atom. The summed E-state index contributed by atoms with van der Waals surface area (Å²) in [5, 5.41) is 17.5. The second kappa shape index (κ2) is 7.92. The summed E-state index contributed by atoms with van der Waals surface area (Å²) in [6, 6.07) is 13.9. The van der Waals surface area contributed by atoms with Crippen LogP contribution < -0.4 is 10.6 Å². The Kier molecular flexibility index (Phi) is 5.00. The van der Waals surface area contributed by atoms with E-state index in [1.807, 2.05) is 41.2 Å². The molecule has 9 nitrogen and oxygen atoms in total. The van der Waals surface area contributed by atoms with Gasteiger partial charge in [0, 0.05) is 48.0 Å². The van der Waals surface area contributed by atoms with Crippen LogP contribution in [-0.2, 0) is 4.79 Å². The van der Waals surface area contributed by atoms with Gasteiger partial charge in [0.25, 0.3) is 5.69 Å². The summed E-state index contributed by atoms with van der Waals surface area (Å²) in [7, 11) is 0. The maximum Gasteiger partial charge on any atom is 0.293 e. The lowest BCUT2D eigenvalue weighted by molar-refractivity contribution is -0.383. The number of carbonyl (C=O) groups excluding carboxylic acids is 1. The third-order valence-electron chi connectivity index (χ3n) is 4.33. The van der Waals surface area contributed by atoms with E-state index in [4.69, 9.17) is 4.42 Å². The van der Waals surface area contributed by atoms with Crippen LogP contribution in [0.1, 0.15) is 6.92 Å². The SMILES string of the molecule is CC(=O)Nc1cc(Nc2ccc(-c3cnco3)cc2[N+](=O)[O-])cc(-n2cccc2)c1. The van der Waals surface area contributed by atoms with Gasteiger partial charge < -0.3 is 19.6 Å². The fourth-order valence-corrected chi connectivity index (χ4v) is 3.07. The zero-order chi connectivity index (χ0) is 21.1. The van der Waals surface area contributed by atoms with Gasteiger partial charge in [0.15, 0.2) is 12.2 Å². The highest BCUT2D eigenvalue weighted by Gasteiger charge is 2.17. The van der Waals surface area contributed by atoms with Crippen LogP contribution in [0.15, 0.2) is 77.9 Å². The Bertz CT molecular complexity index is 1200. The summed E-state index contributed by atoms with van der Waals surface area (Å²) in [6.45, 7) is 1.42. The lowest BCUT2D eigenvalue weighted by Gasteiger charge is -2.13. The molecule has 4 rings (SSSR count). The Hall–Kier alpha value is -4.40. The minimum absolute atomic E-state index is 0.114. The van der Waals surface area contributed by atoms with E-state index in [0.29, 0.717) is 28.4 Å². The van der Waals surface area contributed by atoms with Gasteiger partial charge in [-0.25, -0.2) is 4.98 Å². The molecule has 4 aromatic rings. The van der Waals surface area contributed by atoms with Gasteiger partial charge in [0.2, 0.25) is 5.91 Å². The molecule has 30 heavy (non-hydrogen) atoms. The van der Waals surface area contributed by atoms with Gasteiger partial charge >= 0.3 is 0 Å². The van der Waals surface area contributed by atoms with Crippen molar-refractivity contribution >= 4 is 28.7 Å². The van der Waals surface area contributed by atoms with E-state index in [-0.39, 0.29) is 11.6 Å². The third-order valence-corrected chi connectivity index (χ3v) is 4.33. The first-order valence-electron chi connectivity index (χ1n) is 9.00. The van der Waals surface area contributed by atoms with E-state index in [9.17, 15) is 14.9 Å². The molecule has 0 bridgehead atoms. The monoisotopic (exact) mass is 403 g/mol. The number of nitro groups is 1.